The molecule has 4 nitrogen and oxygen atoms in total. The first-order valence-corrected chi connectivity index (χ1v) is 7.24. The number of anilines is 1. The van der Waals surface area contributed by atoms with Crippen molar-refractivity contribution in [1.82, 2.24) is 9.38 Å². The predicted molar refractivity (Wildman–Crippen MR) is 78.6 cm³/mol. The van der Waals surface area contributed by atoms with Crippen LogP contribution >= 0.6 is 0 Å². The smallest absolute Gasteiger partial charge is 0.151 e. The van der Waals surface area contributed by atoms with Gasteiger partial charge in [0.05, 0.1) is 5.69 Å². The Morgan fingerprint density at radius 3 is 3.05 bits per heavy atom. The third-order valence-electron chi connectivity index (χ3n) is 4.15. The van der Waals surface area contributed by atoms with Gasteiger partial charge < -0.3 is 15.0 Å². The number of fused-ring (bicyclic) bond motifs is 1. The summed E-state index contributed by atoms with van der Waals surface area (Å²) < 4.78 is 2.18. The second kappa shape index (κ2) is 5.21. The molecule has 2 aromatic heterocycles. The quantitative estimate of drug-likeness (QED) is 0.913. The molecule has 0 saturated carbocycles. The zero-order valence-corrected chi connectivity index (χ0v) is 11.5. The molecule has 102 valence electrons. The zero-order chi connectivity index (χ0) is 13.2. The van der Waals surface area contributed by atoms with Gasteiger partial charge in [0.25, 0.3) is 0 Å². The monoisotopic (exact) mass is 258 g/mol. The summed E-state index contributed by atoms with van der Waals surface area (Å²) in [6, 6.07) is 6.16. The average Bonchev–Trinajstić information content (AvgIpc) is 3.04. The van der Waals surface area contributed by atoms with E-state index in [2.05, 4.69) is 34.6 Å². The summed E-state index contributed by atoms with van der Waals surface area (Å²) in [6.07, 6.45) is 5.51. The van der Waals surface area contributed by atoms with Crippen LogP contribution in [0.15, 0.2) is 24.4 Å². The molecule has 1 atom stereocenters. The molecule has 2 N–H and O–H groups in total. The molecule has 1 unspecified atom stereocenters. The maximum atomic E-state index is 5.77. The van der Waals surface area contributed by atoms with E-state index in [1.165, 1.54) is 18.5 Å². The van der Waals surface area contributed by atoms with Crippen LogP contribution in [0, 0.1) is 5.92 Å². The first-order valence-electron chi connectivity index (χ1n) is 7.24. The van der Waals surface area contributed by atoms with Crippen LogP contribution in [0.3, 0.4) is 0 Å². The van der Waals surface area contributed by atoms with Crippen molar-refractivity contribution in [1.29, 1.82) is 0 Å². The fourth-order valence-corrected chi connectivity index (χ4v) is 3.01. The van der Waals surface area contributed by atoms with E-state index >= 15 is 0 Å². The van der Waals surface area contributed by atoms with Crippen molar-refractivity contribution < 1.29 is 0 Å². The summed E-state index contributed by atoms with van der Waals surface area (Å²) in [5.74, 6) is 1.96. The third kappa shape index (κ3) is 2.21. The van der Waals surface area contributed by atoms with Gasteiger partial charge >= 0.3 is 0 Å². The van der Waals surface area contributed by atoms with Crippen LogP contribution < -0.4 is 10.6 Å². The number of imidazole rings is 1. The Kier molecular flexibility index (Phi) is 3.42. The molecule has 3 rings (SSSR count). The van der Waals surface area contributed by atoms with E-state index in [-0.39, 0.29) is 0 Å². The fourth-order valence-electron chi connectivity index (χ4n) is 3.01. The van der Waals surface area contributed by atoms with E-state index in [9.17, 15) is 0 Å². The summed E-state index contributed by atoms with van der Waals surface area (Å²) in [6.45, 7) is 5.21. The lowest BCUT2D eigenvalue weighted by molar-refractivity contribution is 0.568. The molecule has 0 aliphatic carbocycles. The van der Waals surface area contributed by atoms with Gasteiger partial charge in [0.1, 0.15) is 5.65 Å². The number of nitrogens with zero attached hydrogens (tertiary/aromatic N) is 3. The predicted octanol–water partition coefficient (Wildman–Crippen LogP) is 2.07. The Morgan fingerprint density at radius 2 is 2.32 bits per heavy atom. The molecule has 0 amide bonds. The lowest BCUT2D eigenvalue weighted by Gasteiger charge is -2.17. The number of hydrogen-bond donors (Lipinski definition) is 1. The zero-order valence-electron chi connectivity index (χ0n) is 11.5. The maximum Gasteiger partial charge on any atom is 0.151 e. The van der Waals surface area contributed by atoms with Crippen molar-refractivity contribution in [2.75, 3.05) is 24.5 Å². The van der Waals surface area contributed by atoms with Crippen LogP contribution in [-0.2, 0) is 6.42 Å². The Labute approximate surface area is 114 Å². The molecule has 0 radical (unpaired) electrons. The molecule has 0 aromatic carbocycles. The van der Waals surface area contributed by atoms with Crippen LogP contribution in [-0.4, -0.2) is 29.0 Å². The van der Waals surface area contributed by atoms with Crippen molar-refractivity contribution in [2.24, 2.45) is 11.7 Å². The first kappa shape index (κ1) is 12.5. The molecule has 1 fully saturated rings. The summed E-state index contributed by atoms with van der Waals surface area (Å²) in [5, 5.41) is 0. The van der Waals surface area contributed by atoms with Crippen LogP contribution in [0.25, 0.3) is 5.65 Å². The van der Waals surface area contributed by atoms with E-state index in [1.807, 2.05) is 6.07 Å². The summed E-state index contributed by atoms with van der Waals surface area (Å²) >= 11 is 0. The number of hydrogen-bond acceptors (Lipinski definition) is 3. The fraction of sp³-hybridized carbons (Fsp3) is 0.533. The van der Waals surface area contributed by atoms with E-state index in [0.717, 1.165) is 36.9 Å². The van der Waals surface area contributed by atoms with Crippen molar-refractivity contribution in [3.63, 3.8) is 0 Å². The Bertz CT molecular complexity index is 560. The van der Waals surface area contributed by atoms with Crippen LogP contribution in [0.4, 0.5) is 5.82 Å². The SMILES string of the molecule is CCC1CCN(c2nc3ccccn3c2CCN)C1. The van der Waals surface area contributed by atoms with Gasteiger partial charge in [-0.3, -0.25) is 0 Å². The minimum atomic E-state index is 0.667. The Hall–Kier alpha value is -1.55. The molecular weight excluding hydrogens is 236 g/mol. The normalized spacial score (nSPS) is 19.5. The highest BCUT2D eigenvalue weighted by Crippen LogP contribution is 2.28. The van der Waals surface area contributed by atoms with Crippen molar-refractivity contribution in [3.8, 4) is 0 Å². The van der Waals surface area contributed by atoms with Gasteiger partial charge in [0.15, 0.2) is 5.82 Å². The van der Waals surface area contributed by atoms with Gasteiger partial charge in [0.2, 0.25) is 0 Å². The molecule has 4 heteroatoms. The van der Waals surface area contributed by atoms with Gasteiger partial charge in [-0.2, -0.15) is 0 Å². The lowest BCUT2D eigenvalue weighted by atomic mass is 10.1. The molecule has 19 heavy (non-hydrogen) atoms. The van der Waals surface area contributed by atoms with E-state index < -0.39 is 0 Å². The van der Waals surface area contributed by atoms with Gasteiger partial charge in [-0.15, -0.1) is 0 Å². The lowest BCUT2D eigenvalue weighted by Crippen LogP contribution is -2.22. The highest BCUT2D eigenvalue weighted by molar-refractivity contribution is 5.56. The minimum absolute atomic E-state index is 0.667. The minimum Gasteiger partial charge on any atom is -0.355 e. The summed E-state index contributed by atoms with van der Waals surface area (Å²) in [7, 11) is 0. The van der Waals surface area contributed by atoms with Gasteiger partial charge in [-0.05, 0) is 31.0 Å². The standard InChI is InChI=1S/C15H22N4/c1-2-12-7-10-18(11-12)15-13(6-8-16)19-9-4-3-5-14(19)17-15/h3-5,9,12H,2,6-8,10-11,16H2,1H3. The second-order valence-corrected chi connectivity index (χ2v) is 5.36. The van der Waals surface area contributed by atoms with Crippen molar-refractivity contribution >= 4 is 11.5 Å². The molecule has 1 aliphatic rings. The average molecular weight is 258 g/mol. The number of nitrogens with two attached hydrogens (primary N) is 1. The van der Waals surface area contributed by atoms with Gasteiger partial charge in [-0.1, -0.05) is 19.4 Å². The van der Waals surface area contributed by atoms with E-state index in [0.29, 0.717) is 6.54 Å². The largest absolute Gasteiger partial charge is 0.355 e. The Balaban J connectivity index is 2.00. The highest BCUT2D eigenvalue weighted by Gasteiger charge is 2.25. The summed E-state index contributed by atoms with van der Waals surface area (Å²) in [5.41, 5.74) is 8.06. The molecule has 0 bridgehead atoms. The topological polar surface area (TPSA) is 46.6 Å². The molecule has 1 aliphatic heterocycles. The first-order chi connectivity index (χ1) is 9.33. The molecule has 1 saturated heterocycles. The molecule has 0 spiro atoms. The van der Waals surface area contributed by atoms with Crippen molar-refractivity contribution in [3.05, 3.63) is 30.1 Å². The number of aromatic nitrogens is 2. The molecule has 2 aromatic rings. The van der Waals surface area contributed by atoms with Crippen LogP contribution in [0.2, 0.25) is 0 Å². The highest BCUT2D eigenvalue weighted by atomic mass is 15.2. The van der Waals surface area contributed by atoms with Gasteiger partial charge in [-0.25, -0.2) is 4.98 Å². The molecular formula is C15H22N4. The van der Waals surface area contributed by atoms with Gasteiger partial charge in [0, 0.05) is 25.7 Å². The van der Waals surface area contributed by atoms with E-state index in [1.54, 1.807) is 0 Å². The maximum absolute atomic E-state index is 5.77. The Morgan fingerprint density at radius 1 is 1.42 bits per heavy atom. The second-order valence-electron chi connectivity index (χ2n) is 5.36. The third-order valence-corrected chi connectivity index (χ3v) is 4.15. The summed E-state index contributed by atoms with van der Waals surface area (Å²) in [4.78, 5) is 7.25. The van der Waals surface area contributed by atoms with E-state index in [4.69, 9.17) is 10.7 Å². The number of pyridine rings is 1. The number of rotatable bonds is 4. The van der Waals surface area contributed by atoms with Crippen molar-refractivity contribution in [2.45, 2.75) is 26.2 Å². The van der Waals surface area contributed by atoms with Crippen LogP contribution in [0.5, 0.6) is 0 Å². The molecule has 3 heterocycles. The van der Waals surface area contributed by atoms with Crippen LogP contribution in [0.1, 0.15) is 25.5 Å².